The van der Waals surface area contributed by atoms with Crippen LogP contribution in [0.2, 0.25) is 0 Å². The predicted molar refractivity (Wildman–Crippen MR) is 98.1 cm³/mol. The van der Waals surface area contributed by atoms with E-state index >= 15 is 0 Å². The largest absolute Gasteiger partial charge is 0.391 e. The Morgan fingerprint density at radius 2 is 1.92 bits per heavy atom. The number of nitrogens with zero attached hydrogens (tertiary/aromatic N) is 1. The van der Waals surface area contributed by atoms with Crippen LogP contribution in [0, 0.1) is 35.0 Å². The Kier molecular flexibility index (Phi) is 4.89. The van der Waals surface area contributed by atoms with E-state index in [0.29, 0.717) is 11.8 Å². The lowest BCUT2D eigenvalue weighted by molar-refractivity contribution is -0.148. The zero-order chi connectivity index (χ0) is 19.4. The first-order chi connectivity index (χ1) is 12.1. The zero-order valence-electron chi connectivity index (χ0n) is 16.4. The van der Waals surface area contributed by atoms with Gasteiger partial charge in [-0.2, -0.15) is 0 Å². The molecule has 1 N–H and O–H groups in total. The molecule has 2 aliphatic carbocycles. The lowest BCUT2D eigenvalue weighted by atomic mass is 9.53. The van der Waals surface area contributed by atoms with Crippen molar-refractivity contribution in [1.29, 1.82) is 0 Å². The van der Waals surface area contributed by atoms with Crippen molar-refractivity contribution >= 4 is 17.5 Å². The summed E-state index contributed by atoms with van der Waals surface area (Å²) in [5.74, 6) is -1.29. The van der Waals surface area contributed by atoms with Gasteiger partial charge < -0.3 is 10.0 Å². The maximum absolute atomic E-state index is 13.6. The molecule has 0 aromatic rings. The summed E-state index contributed by atoms with van der Waals surface area (Å²) in [6, 6.07) is -0.920. The van der Waals surface area contributed by atoms with E-state index in [9.17, 15) is 19.5 Å². The first-order valence-corrected chi connectivity index (χ1v) is 9.81. The van der Waals surface area contributed by atoms with Crippen LogP contribution in [-0.4, -0.2) is 46.7 Å². The highest BCUT2D eigenvalue weighted by molar-refractivity contribution is 6.25. The number of aliphatic hydroxyl groups excluding tert-OH is 1. The summed E-state index contributed by atoms with van der Waals surface area (Å²) in [5, 5.41) is 9.92. The maximum Gasteiger partial charge on any atom is 0.241 e. The van der Waals surface area contributed by atoms with Crippen LogP contribution in [0.4, 0.5) is 0 Å². The van der Waals surface area contributed by atoms with Crippen molar-refractivity contribution in [1.82, 2.24) is 4.90 Å². The lowest BCUT2D eigenvalue weighted by Crippen LogP contribution is -2.52. The Morgan fingerprint density at radius 1 is 1.27 bits per heavy atom. The first kappa shape index (κ1) is 19.3. The summed E-state index contributed by atoms with van der Waals surface area (Å²) in [5.41, 5.74) is -0.718. The molecule has 3 rings (SSSR count). The second kappa shape index (κ2) is 6.59. The number of hydrogen-bond donors (Lipinski definition) is 1. The molecule has 1 unspecified atom stereocenters. The Labute approximate surface area is 155 Å². The minimum Gasteiger partial charge on any atom is -0.391 e. The maximum atomic E-state index is 13.6. The summed E-state index contributed by atoms with van der Waals surface area (Å²) >= 11 is 0. The topological polar surface area (TPSA) is 74.7 Å². The minimum atomic E-state index is -1.27. The highest BCUT2D eigenvalue weighted by Gasteiger charge is 2.59. The fraction of sp³-hybridized carbons (Fsp3) is 0.762. The number of fused-ring (bicyclic) bond motifs is 1. The number of amides is 1. The van der Waals surface area contributed by atoms with Gasteiger partial charge in [0.25, 0.3) is 0 Å². The van der Waals surface area contributed by atoms with Crippen molar-refractivity contribution in [3.05, 3.63) is 12.2 Å². The molecule has 144 valence electrons. The predicted octanol–water partition coefficient (Wildman–Crippen LogP) is 2.23. The van der Waals surface area contributed by atoms with E-state index in [0.717, 1.165) is 19.3 Å². The number of likely N-dealkylation sites (tertiary alicyclic amines) is 1. The van der Waals surface area contributed by atoms with Gasteiger partial charge in [0.15, 0.2) is 17.5 Å². The molecule has 1 aliphatic heterocycles. The van der Waals surface area contributed by atoms with Crippen molar-refractivity contribution in [2.45, 2.75) is 59.1 Å². The van der Waals surface area contributed by atoms with E-state index < -0.39 is 35.2 Å². The van der Waals surface area contributed by atoms with Crippen LogP contribution in [0.15, 0.2) is 12.2 Å². The molecule has 2 fully saturated rings. The molecule has 26 heavy (non-hydrogen) atoms. The summed E-state index contributed by atoms with van der Waals surface area (Å²) in [7, 11) is 1.50. The van der Waals surface area contributed by atoms with Gasteiger partial charge in [0.2, 0.25) is 5.91 Å². The van der Waals surface area contributed by atoms with E-state index in [-0.39, 0.29) is 17.6 Å². The Hall–Kier alpha value is -1.49. The van der Waals surface area contributed by atoms with Gasteiger partial charge in [-0.15, -0.1) is 0 Å². The molecular weight excluding hydrogens is 330 g/mol. The number of ketones is 2. The van der Waals surface area contributed by atoms with Gasteiger partial charge in [-0.1, -0.05) is 39.3 Å². The Balaban J connectivity index is 1.96. The van der Waals surface area contributed by atoms with Gasteiger partial charge in [-0.25, -0.2) is 0 Å². The van der Waals surface area contributed by atoms with Crippen LogP contribution < -0.4 is 0 Å². The molecule has 0 aromatic carbocycles. The third-order valence-electron chi connectivity index (χ3n) is 7.36. The third kappa shape index (κ3) is 2.67. The lowest BCUT2D eigenvalue weighted by Gasteiger charge is -2.50. The number of allylic oxidation sites excluding steroid dienone is 2. The van der Waals surface area contributed by atoms with E-state index in [1.165, 1.54) is 18.9 Å². The van der Waals surface area contributed by atoms with Gasteiger partial charge in [0.1, 0.15) is 6.04 Å². The molecular formula is C21H31NO4. The van der Waals surface area contributed by atoms with Crippen LogP contribution in [0.3, 0.4) is 0 Å². The van der Waals surface area contributed by atoms with E-state index in [1.807, 2.05) is 13.8 Å². The van der Waals surface area contributed by atoms with Crippen molar-refractivity contribution < 1.29 is 19.5 Å². The van der Waals surface area contributed by atoms with E-state index in [4.69, 9.17) is 0 Å². The fourth-order valence-electron chi connectivity index (χ4n) is 5.57. The number of rotatable bonds is 3. The molecule has 0 spiro atoms. The normalized spacial score (nSPS) is 44.2. The minimum absolute atomic E-state index is 0.0128. The average molecular weight is 361 g/mol. The average Bonchev–Trinajstić information content (AvgIpc) is 2.79. The molecule has 0 radical (unpaired) electrons. The number of carbonyl (C=O) groups excluding carboxylic acids is 3. The number of likely N-dealkylation sites (N-methyl/N-ethyl adjacent to an activating group) is 1. The van der Waals surface area contributed by atoms with Crippen LogP contribution in [0.5, 0.6) is 0 Å². The number of carbonyl (C=O) groups is 3. The third-order valence-corrected chi connectivity index (χ3v) is 7.36. The van der Waals surface area contributed by atoms with Crippen molar-refractivity contribution in [3.63, 3.8) is 0 Å². The standard InChI is InChI=1S/C21H31NO4/c1-11-6-9-15-14(10-11)8-7-12(2)21(15,4)19(25)16-18(24)17(13(3)23)22(5)20(16)26/h7-8,11-17,23H,6,9-10H2,1-5H3/t11-,12-,13+,14-,15-,16?,17-,21-/m1/s1. The first-order valence-electron chi connectivity index (χ1n) is 9.81. The smallest absolute Gasteiger partial charge is 0.241 e. The molecule has 1 saturated heterocycles. The Morgan fingerprint density at radius 3 is 2.50 bits per heavy atom. The van der Waals surface area contributed by atoms with Gasteiger partial charge in [-0.05, 0) is 43.4 Å². The Bertz CT molecular complexity index is 654. The molecule has 3 aliphatic rings. The quantitative estimate of drug-likeness (QED) is 0.618. The molecule has 1 heterocycles. The highest BCUT2D eigenvalue weighted by Crippen LogP contribution is 2.53. The summed E-state index contributed by atoms with van der Waals surface area (Å²) in [6.07, 6.45) is 6.44. The number of hydrogen-bond acceptors (Lipinski definition) is 4. The number of Topliss-reactive ketones (excluding diaryl/α,β-unsaturated/α-hetero) is 2. The number of aliphatic hydroxyl groups is 1. The van der Waals surface area contributed by atoms with E-state index in [1.54, 1.807) is 0 Å². The van der Waals surface area contributed by atoms with Gasteiger partial charge in [0.05, 0.1) is 6.10 Å². The SMILES string of the molecule is C[C@@H]1CC[C@@H]2[C@H](C=C[C@@H](C)[C@@]2(C)C(=O)C2C(=O)[C@@H]([C@H](C)O)N(C)C2=O)C1. The molecule has 5 heteroatoms. The molecule has 1 amide bonds. The molecule has 8 atom stereocenters. The van der Waals surface area contributed by atoms with Crippen LogP contribution in [0.25, 0.3) is 0 Å². The van der Waals surface area contributed by atoms with Crippen molar-refractivity contribution in [2.75, 3.05) is 7.05 Å². The van der Waals surface area contributed by atoms with Crippen molar-refractivity contribution in [3.8, 4) is 0 Å². The molecule has 5 nitrogen and oxygen atoms in total. The zero-order valence-corrected chi connectivity index (χ0v) is 16.4. The van der Waals surface area contributed by atoms with Gasteiger partial charge in [0, 0.05) is 12.5 Å². The van der Waals surface area contributed by atoms with Gasteiger partial charge in [-0.3, -0.25) is 14.4 Å². The second-order valence-corrected chi connectivity index (χ2v) is 8.98. The van der Waals surface area contributed by atoms with Crippen LogP contribution in [-0.2, 0) is 14.4 Å². The van der Waals surface area contributed by atoms with Crippen molar-refractivity contribution in [2.24, 2.45) is 35.0 Å². The summed E-state index contributed by atoms with van der Waals surface area (Å²) < 4.78 is 0. The molecule has 1 saturated carbocycles. The molecule has 0 aromatic heterocycles. The fourth-order valence-corrected chi connectivity index (χ4v) is 5.57. The second-order valence-electron chi connectivity index (χ2n) is 8.98. The summed E-state index contributed by atoms with van der Waals surface area (Å²) in [4.78, 5) is 40.5. The highest BCUT2D eigenvalue weighted by atomic mass is 16.3. The van der Waals surface area contributed by atoms with Gasteiger partial charge >= 0.3 is 0 Å². The van der Waals surface area contributed by atoms with E-state index in [2.05, 4.69) is 19.1 Å². The van der Waals surface area contributed by atoms with Crippen LogP contribution >= 0.6 is 0 Å². The summed E-state index contributed by atoms with van der Waals surface area (Å²) in [6.45, 7) is 7.70. The van der Waals surface area contributed by atoms with Crippen LogP contribution in [0.1, 0.15) is 47.0 Å². The molecule has 0 bridgehead atoms. The monoisotopic (exact) mass is 361 g/mol.